The van der Waals surface area contributed by atoms with Gasteiger partial charge < -0.3 is 18.8 Å². The Morgan fingerprint density at radius 2 is 2.00 bits per heavy atom. The summed E-state index contributed by atoms with van der Waals surface area (Å²) in [5.41, 5.74) is 0.804. The van der Waals surface area contributed by atoms with Crippen LogP contribution in [0.2, 0.25) is 5.02 Å². The van der Waals surface area contributed by atoms with Gasteiger partial charge >= 0.3 is 5.97 Å². The van der Waals surface area contributed by atoms with Gasteiger partial charge in [-0.25, -0.2) is 17.9 Å². The first-order chi connectivity index (χ1) is 16.7. The van der Waals surface area contributed by atoms with Gasteiger partial charge in [0.15, 0.2) is 0 Å². The Bertz CT molecular complexity index is 1290. The summed E-state index contributed by atoms with van der Waals surface area (Å²) in [5.74, 6) is -0.349. The minimum absolute atomic E-state index is 0.0713. The molecule has 1 atom stereocenters. The molecular weight excluding hydrogens is 496 g/mol. The van der Waals surface area contributed by atoms with Crippen LogP contribution in [0.1, 0.15) is 31.3 Å². The molecule has 9 nitrogen and oxygen atoms in total. The van der Waals surface area contributed by atoms with Crippen LogP contribution in [0.4, 0.5) is 0 Å². The second kappa shape index (κ2) is 10.4. The number of esters is 1. The number of furan rings is 1. The van der Waals surface area contributed by atoms with Crippen molar-refractivity contribution >= 4 is 39.6 Å². The first-order valence-electron chi connectivity index (χ1n) is 11.0. The number of benzene rings is 1. The number of nitrogens with one attached hydrogen (secondary N) is 1. The van der Waals surface area contributed by atoms with Gasteiger partial charge in [0.05, 0.1) is 42.3 Å². The second-order valence-corrected chi connectivity index (χ2v) is 10.3. The highest BCUT2D eigenvalue weighted by Crippen LogP contribution is 2.33. The summed E-state index contributed by atoms with van der Waals surface area (Å²) in [6, 6.07) is 8.97. The molecule has 1 N–H and O–H groups in total. The average molecular weight is 521 g/mol. The first kappa shape index (κ1) is 25.2. The van der Waals surface area contributed by atoms with E-state index in [0.29, 0.717) is 35.4 Å². The van der Waals surface area contributed by atoms with E-state index in [0.717, 1.165) is 12.8 Å². The Hall–Kier alpha value is -2.92. The highest BCUT2D eigenvalue weighted by atomic mass is 35.5. The molecule has 1 saturated heterocycles. The summed E-state index contributed by atoms with van der Waals surface area (Å²) in [6.45, 7) is 2.59. The number of sulfonamides is 1. The maximum atomic E-state index is 13.2. The van der Waals surface area contributed by atoms with Crippen LogP contribution in [0, 0.1) is 0 Å². The van der Waals surface area contributed by atoms with Crippen LogP contribution in [0.5, 0.6) is 0 Å². The van der Waals surface area contributed by atoms with Gasteiger partial charge in [-0.05, 0) is 62.2 Å². The Morgan fingerprint density at radius 3 is 2.66 bits per heavy atom. The molecule has 35 heavy (non-hydrogen) atoms. The normalized spacial score (nSPS) is 19.7. The summed E-state index contributed by atoms with van der Waals surface area (Å²) in [4.78, 5) is 27.3. The largest absolute Gasteiger partial charge is 0.465 e. The maximum Gasteiger partial charge on any atom is 0.340 e. The van der Waals surface area contributed by atoms with E-state index in [9.17, 15) is 18.0 Å². The second-order valence-electron chi connectivity index (χ2n) is 8.14. The zero-order chi connectivity index (χ0) is 25.2. The molecule has 2 aliphatic rings. The van der Waals surface area contributed by atoms with Gasteiger partial charge in [0.2, 0.25) is 10.0 Å². The fourth-order valence-electron chi connectivity index (χ4n) is 4.01. The predicted molar refractivity (Wildman–Crippen MR) is 128 cm³/mol. The molecule has 1 aromatic carbocycles. The summed E-state index contributed by atoms with van der Waals surface area (Å²) >= 11 is 5.82. The topological polar surface area (TPSA) is 115 Å². The van der Waals surface area contributed by atoms with E-state index in [2.05, 4.69) is 4.72 Å². The molecule has 0 spiro atoms. The van der Waals surface area contributed by atoms with E-state index < -0.39 is 16.0 Å². The fourth-order valence-corrected chi connectivity index (χ4v) is 5.13. The van der Waals surface area contributed by atoms with Gasteiger partial charge in [0.25, 0.3) is 5.91 Å². The van der Waals surface area contributed by atoms with E-state index in [1.54, 1.807) is 19.1 Å². The molecule has 3 heterocycles. The smallest absolute Gasteiger partial charge is 0.340 e. The van der Waals surface area contributed by atoms with Crippen LogP contribution in [0.25, 0.3) is 6.08 Å². The summed E-state index contributed by atoms with van der Waals surface area (Å²) in [5, 5.41) is 0.430. The monoisotopic (exact) mass is 520 g/mol. The van der Waals surface area contributed by atoms with E-state index >= 15 is 0 Å². The highest BCUT2D eigenvalue weighted by Gasteiger charge is 2.38. The summed E-state index contributed by atoms with van der Waals surface area (Å²) in [6.07, 6.45) is 3.15. The van der Waals surface area contributed by atoms with Crippen LogP contribution in [-0.4, -0.2) is 51.6 Å². The Morgan fingerprint density at radius 1 is 1.26 bits per heavy atom. The molecule has 0 aliphatic carbocycles. The lowest BCUT2D eigenvalue weighted by Gasteiger charge is -2.21. The molecule has 1 amide bonds. The third kappa shape index (κ3) is 5.51. The lowest BCUT2D eigenvalue weighted by molar-refractivity contribution is -0.136. The first-order valence-corrected chi connectivity index (χ1v) is 12.8. The third-order valence-corrected chi connectivity index (χ3v) is 7.51. The predicted octanol–water partition coefficient (Wildman–Crippen LogP) is 3.26. The lowest BCUT2D eigenvalue weighted by Crippen LogP contribution is -2.33. The zero-order valence-corrected chi connectivity index (χ0v) is 20.8. The number of carbonyl (C=O) groups is 2. The van der Waals surface area contributed by atoms with E-state index in [1.807, 2.05) is 0 Å². The number of rotatable bonds is 8. The number of halogens is 1. The van der Waals surface area contributed by atoms with Gasteiger partial charge in [-0.1, -0.05) is 11.6 Å². The molecule has 1 aromatic heterocycles. The number of methoxy groups -OCH3 is 1. The van der Waals surface area contributed by atoms with Gasteiger partial charge in [-0.3, -0.25) is 4.79 Å². The van der Waals surface area contributed by atoms with Crippen molar-refractivity contribution in [1.82, 2.24) is 9.62 Å². The molecule has 2 aliphatic heterocycles. The fraction of sp³-hybridized carbons (Fsp3) is 0.333. The van der Waals surface area contributed by atoms with Crippen molar-refractivity contribution in [3.05, 3.63) is 69.8 Å². The highest BCUT2D eigenvalue weighted by molar-refractivity contribution is 7.89. The zero-order valence-electron chi connectivity index (χ0n) is 19.2. The van der Waals surface area contributed by atoms with E-state index in [1.165, 1.54) is 42.4 Å². The van der Waals surface area contributed by atoms with Crippen molar-refractivity contribution in [2.75, 3.05) is 20.3 Å². The number of hydrogen-bond acceptors (Lipinski definition) is 7. The third-order valence-electron chi connectivity index (χ3n) is 5.84. The van der Waals surface area contributed by atoms with Gasteiger partial charge in [-0.2, -0.15) is 0 Å². The van der Waals surface area contributed by atoms with Crippen molar-refractivity contribution in [2.24, 2.45) is 0 Å². The van der Waals surface area contributed by atoms with Gasteiger partial charge in [0, 0.05) is 17.3 Å². The molecule has 0 saturated carbocycles. The molecule has 1 fully saturated rings. The Kier molecular flexibility index (Phi) is 7.46. The maximum absolute atomic E-state index is 13.2. The Balaban J connectivity index is 1.52. The molecule has 0 radical (unpaired) electrons. The minimum atomic E-state index is -3.77. The van der Waals surface area contributed by atoms with Crippen LogP contribution in [0.3, 0.4) is 0 Å². The summed E-state index contributed by atoms with van der Waals surface area (Å²) < 4.78 is 43.7. The molecule has 0 bridgehead atoms. The van der Waals surface area contributed by atoms with Crippen molar-refractivity contribution in [1.29, 1.82) is 0 Å². The molecular formula is C24H25ClN2O7S. The van der Waals surface area contributed by atoms with Crippen molar-refractivity contribution in [2.45, 2.75) is 37.3 Å². The number of ether oxygens (including phenoxy) is 2. The van der Waals surface area contributed by atoms with Crippen LogP contribution in [0.15, 0.2) is 62.6 Å². The molecule has 186 valence electrons. The molecule has 11 heteroatoms. The summed E-state index contributed by atoms with van der Waals surface area (Å²) in [7, 11) is -2.52. The number of carbonyl (C=O) groups excluding carboxylic acids is 2. The SMILES string of the molecule is COC(=O)C1=C(C)N(CC2CCCO2)C(=O)/C1=C/c1ccc(CNS(=O)(=O)c2ccc(Cl)cc2)o1. The van der Waals surface area contributed by atoms with Crippen molar-refractivity contribution < 1.29 is 31.9 Å². The van der Waals surface area contributed by atoms with Crippen LogP contribution in [-0.2, 0) is 35.6 Å². The number of nitrogens with zero attached hydrogens (tertiary/aromatic N) is 1. The standard InChI is InChI=1S/C24H25ClN2O7S/c1-15-22(24(29)32-2)21(23(28)27(15)14-19-4-3-11-33-19)12-17-7-8-18(34-17)13-26-35(30,31)20-9-5-16(25)6-10-20/h5-10,12,19,26H,3-4,11,13-14H2,1-2H3/b21-12+. The lowest BCUT2D eigenvalue weighted by atomic mass is 10.1. The number of hydrogen-bond donors (Lipinski definition) is 1. The van der Waals surface area contributed by atoms with E-state index in [-0.39, 0.29) is 34.6 Å². The Labute approximate surface area is 208 Å². The van der Waals surface area contributed by atoms with Gasteiger partial charge in [-0.15, -0.1) is 0 Å². The van der Waals surface area contributed by atoms with E-state index in [4.69, 9.17) is 25.5 Å². The van der Waals surface area contributed by atoms with Crippen molar-refractivity contribution in [3.63, 3.8) is 0 Å². The molecule has 2 aromatic rings. The van der Waals surface area contributed by atoms with Crippen molar-refractivity contribution in [3.8, 4) is 0 Å². The average Bonchev–Trinajstić information content (AvgIpc) is 3.56. The molecule has 1 unspecified atom stereocenters. The van der Waals surface area contributed by atoms with Crippen LogP contribution < -0.4 is 4.72 Å². The van der Waals surface area contributed by atoms with Gasteiger partial charge in [0.1, 0.15) is 11.5 Å². The number of amides is 1. The van der Waals surface area contributed by atoms with Crippen LogP contribution >= 0.6 is 11.6 Å². The number of allylic oxidation sites excluding steroid dienone is 1. The minimum Gasteiger partial charge on any atom is -0.465 e. The molecule has 4 rings (SSSR count). The quantitative estimate of drug-likeness (QED) is 0.419.